The fourth-order valence-corrected chi connectivity index (χ4v) is 2.92. The number of carbonyl (C=O) groups excluding carboxylic acids is 2. The summed E-state index contributed by atoms with van der Waals surface area (Å²) in [5.74, 6) is -1.98. The van der Waals surface area contributed by atoms with E-state index in [0.717, 1.165) is 11.0 Å². The Bertz CT molecular complexity index is 876. The van der Waals surface area contributed by atoms with E-state index in [1.807, 2.05) is 0 Å². The highest BCUT2D eigenvalue weighted by Crippen LogP contribution is 2.41. The normalized spacial score (nSPS) is 15.6. The van der Waals surface area contributed by atoms with Crippen molar-refractivity contribution >= 4 is 44.8 Å². The number of fused-ring (bicyclic) bond motifs is 1. The van der Waals surface area contributed by atoms with Crippen LogP contribution in [0.2, 0.25) is 0 Å². The van der Waals surface area contributed by atoms with Crippen molar-refractivity contribution < 1.29 is 19.1 Å². The number of hydrogen-bond acceptors (Lipinski definition) is 3. The van der Waals surface area contributed by atoms with Gasteiger partial charge in [0, 0.05) is 22.5 Å². The minimum Gasteiger partial charge on any atom is -0.506 e. The Morgan fingerprint density at radius 2 is 1.96 bits per heavy atom. The first-order chi connectivity index (χ1) is 10.9. The monoisotopic (exact) mass is 375 g/mol. The van der Waals surface area contributed by atoms with Gasteiger partial charge in [0.2, 0.25) is 5.91 Å². The summed E-state index contributed by atoms with van der Waals surface area (Å²) in [6, 6.07) is 10.3. The predicted octanol–water partition coefficient (Wildman–Crippen LogP) is 3.91. The average Bonchev–Trinajstić information content (AvgIpc) is 2.77. The van der Waals surface area contributed by atoms with Crippen LogP contribution in [0.25, 0.3) is 11.3 Å². The molecule has 0 saturated heterocycles. The molecule has 0 saturated carbocycles. The molecule has 0 bridgehead atoms. The zero-order chi connectivity index (χ0) is 16.7. The summed E-state index contributed by atoms with van der Waals surface area (Å²) in [4.78, 5) is 25.4. The summed E-state index contributed by atoms with van der Waals surface area (Å²) in [5.41, 5.74) is 0.955. The quantitative estimate of drug-likeness (QED) is 0.607. The molecule has 2 aromatic rings. The van der Waals surface area contributed by atoms with Crippen LogP contribution in [-0.4, -0.2) is 16.9 Å². The second-order valence-electron chi connectivity index (χ2n) is 5.06. The number of benzene rings is 2. The zero-order valence-electron chi connectivity index (χ0n) is 12.0. The number of anilines is 1. The minimum atomic E-state index is -0.632. The lowest BCUT2D eigenvalue weighted by molar-refractivity contribution is -0.122. The van der Waals surface area contributed by atoms with Crippen molar-refractivity contribution in [3.63, 3.8) is 0 Å². The SMILES string of the molecule is CC(=O)N1C(=O)/C(=C(\O)c2cccc(F)c2)c2cc(Br)ccc21. The van der Waals surface area contributed by atoms with Crippen LogP contribution in [0.5, 0.6) is 0 Å². The molecule has 2 aromatic carbocycles. The molecule has 1 heterocycles. The third kappa shape index (κ3) is 2.55. The molecule has 3 rings (SSSR count). The number of halogens is 2. The lowest BCUT2D eigenvalue weighted by Gasteiger charge is -2.11. The first-order valence-electron chi connectivity index (χ1n) is 6.74. The number of nitrogens with zero attached hydrogens (tertiary/aromatic N) is 1. The van der Waals surface area contributed by atoms with E-state index in [0.29, 0.717) is 15.7 Å². The first kappa shape index (κ1) is 15.4. The Morgan fingerprint density at radius 3 is 2.61 bits per heavy atom. The second-order valence-corrected chi connectivity index (χ2v) is 5.97. The maximum Gasteiger partial charge on any atom is 0.269 e. The van der Waals surface area contributed by atoms with Crippen molar-refractivity contribution in [1.29, 1.82) is 0 Å². The number of rotatable bonds is 1. The summed E-state index contributed by atoms with van der Waals surface area (Å²) < 4.78 is 14.1. The van der Waals surface area contributed by atoms with Crippen LogP contribution < -0.4 is 4.90 Å². The van der Waals surface area contributed by atoms with Gasteiger partial charge < -0.3 is 5.11 Å². The largest absolute Gasteiger partial charge is 0.506 e. The van der Waals surface area contributed by atoms with Crippen molar-refractivity contribution in [3.05, 3.63) is 63.9 Å². The van der Waals surface area contributed by atoms with Gasteiger partial charge in [-0.15, -0.1) is 0 Å². The molecule has 4 nitrogen and oxygen atoms in total. The van der Waals surface area contributed by atoms with E-state index in [1.54, 1.807) is 18.2 Å². The van der Waals surface area contributed by atoms with Crippen molar-refractivity contribution in [2.45, 2.75) is 6.92 Å². The minimum absolute atomic E-state index is 0.0258. The van der Waals surface area contributed by atoms with Gasteiger partial charge in [-0.2, -0.15) is 0 Å². The molecule has 2 amide bonds. The number of aliphatic hydroxyl groups excluding tert-OH is 1. The third-order valence-electron chi connectivity index (χ3n) is 3.54. The highest BCUT2D eigenvalue weighted by Gasteiger charge is 2.37. The van der Waals surface area contributed by atoms with E-state index in [4.69, 9.17) is 0 Å². The van der Waals surface area contributed by atoms with Crippen molar-refractivity contribution in [1.82, 2.24) is 0 Å². The fourth-order valence-electron chi connectivity index (χ4n) is 2.56. The van der Waals surface area contributed by atoms with Gasteiger partial charge >= 0.3 is 0 Å². The standard InChI is InChI=1S/C17H11BrFNO3/c1-9(21)20-14-6-5-11(18)8-13(14)15(17(20)23)16(22)10-3-2-4-12(19)7-10/h2-8,22H,1H3/b16-15-. The summed E-state index contributed by atoms with van der Waals surface area (Å²) >= 11 is 3.31. The van der Waals surface area contributed by atoms with Crippen LogP contribution in [0, 0.1) is 5.82 Å². The summed E-state index contributed by atoms with van der Waals surface area (Å²) in [7, 11) is 0. The van der Waals surface area contributed by atoms with E-state index in [1.165, 1.54) is 25.1 Å². The molecule has 0 atom stereocenters. The summed E-state index contributed by atoms with van der Waals surface area (Å²) in [6.45, 7) is 1.27. The van der Waals surface area contributed by atoms with E-state index in [2.05, 4.69) is 15.9 Å². The topological polar surface area (TPSA) is 57.6 Å². The van der Waals surface area contributed by atoms with Crippen LogP contribution in [0.4, 0.5) is 10.1 Å². The molecule has 0 aromatic heterocycles. The highest BCUT2D eigenvalue weighted by atomic mass is 79.9. The third-order valence-corrected chi connectivity index (χ3v) is 4.03. The molecule has 1 N–H and O–H groups in total. The maximum atomic E-state index is 13.4. The Balaban J connectivity index is 2.28. The van der Waals surface area contributed by atoms with Crippen LogP contribution in [0.1, 0.15) is 18.1 Å². The van der Waals surface area contributed by atoms with Gasteiger partial charge in [0.1, 0.15) is 11.6 Å². The molecule has 0 spiro atoms. The average molecular weight is 376 g/mol. The highest BCUT2D eigenvalue weighted by molar-refractivity contribution is 9.10. The smallest absolute Gasteiger partial charge is 0.269 e. The summed E-state index contributed by atoms with van der Waals surface area (Å²) in [6.07, 6.45) is 0. The van der Waals surface area contributed by atoms with E-state index in [9.17, 15) is 19.1 Å². The Morgan fingerprint density at radius 1 is 1.22 bits per heavy atom. The number of aliphatic hydroxyl groups is 1. The van der Waals surface area contributed by atoms with Crippen molar-refractivity contribution in [2.75, 3.05) is 4.90 Å². The van der Waals surface area contributed by atoms with Gasteiger partial charge in [0.25, 0.3) is 5.91 Å². The second kappa shape index (κ2) is 5.62. The molecule has 116 valence electrons. The molecule has 1 aliphatic heterocycles. The van der Waals surface area contributed by atoms with Crippen molar-refractivity contribution in [2.24, 2.45) is 0 Å². The Labute approximate surface area is 140 Å². The summed E-state index contributed by atoms with van der Waals surface area (Å²) in [5, 5.41) is 10.5. The lowest BCUT2D eigenvalue weighted by atomic mass is 10.0. The number of carbonyl (C=O) groups is 2. The van der Waals surface area contributed by atoms with Gasteiger partial charge in [-0.1, -0.05) is 28.1 Å². The van der Waals surface area contributed by atoms with E-state index < -0.39 is 17.6 Å². The maximum absolute atomic E-state index is 13.4. The van der Waals surface area contributed by atoms with Gasteiger partial charge in [-0.05, 0) is 30.3 Å². The van der Waals surface area contributed by atoms with E-state index in [-0.39, 0.29) is 16.9 Å². The molecule has 0 unspecified atom stereocenters. The zero-order valence-corrected chi connectivity index (χ0v) is 13.6. The number of amides is 2. The van der Waals surface area contributed by atoms with Crippen LogP contribution >= 0.6 is 15.9 Å². The number of hydrogen-bond donors (Lipinski definition) is 1. The molecular formula is C17H11BrFNO3. The molecule has 1 aliphatic rings. The lowest BCUT2D eigenvalue weighted by Crippen LogP contribution is -2.31. The van der Waals surface area contributed by atoms with Gasteiger partial charge in [-0.25, -0.2) is 9.29 Å². The van der Waals surface area contributed by atoms with Crippen LogP contribution in [0.3, 0.4) is 0 Å². The Hall–Kier alpha value is -2.47. The molecule has 6 heteroatoms. The van der Waals surface area contributed by atoms with Gasteiger partial charge in [-0.3, -0.25) is 9.59 Å². The molecular weight excluding hydrogens is 365 g/mol. The predicted molar refractivity (Wildman–Crippen MR) is 88.2 cm³/mol. The molecule has 0 radical (unpaired) electrons. The first-order valence-corrected chi connectivity index (χ1v) is 7.53. The van der Waals surface area contributed by atoms with E-state index >= 15 is 0 Å². The van der Waals surface area contributed by atoms with Gasteiger partial charge in [0.05, 0.1) is 11.3 Å². The van der Waals surface area contributed by atoms with Crippen LogP contribution in [0.15, 0.2) is 46.9 Å². The van der Waals surface area contributed by atoms with Crippen LogP contribution in [-0.2, 0) is 9.59 Å². The number of imide groups is 1. The molecule has 0 aliphatic carbocycles. The molecule has 23 heavy (non-hydrogen) atoms. The Kier molecular flexibility index (Phi) is 3.77. The fraction of sp³-hybridized carbons (Fsp3) is 0.0588. The molecule has 0 fully saturated rings. The van der Waals surface area contributed by atoms with Crippen molar-refractivity contribution in [3.8, 4) is 0 Å². The van der Waals surface area contributed by atoms with Gasteiger partial charge in [0.15, 0.2) is 0 Å².